The van der Waals surface area contributed by atoms with Crippen LogP contribution in [-0.2, 0) is 26.2 Å². The van der Waals surface area contributed by atoms with Crippen LogP contribution < -0.4 is 14.4 Å². The summed E-state index contributed by atoms with van der Waals surface area (Å²) in [7, 11) is -3.63. The molecule has 1 N–H and O–H groups in total. The maximum Gasteiger partial charge on any atom is 0.242 e. The molecule has 1 saturated carbocycles. The van der Waals surface area contributed by atoms with Crippen LogP contribution in [-0.4, -0.2) is 56.6 Å². The number of anilines is 1. The topological polar surface area (TPSA) is 96.0 Å². The normalized spacial score (nSPS) is 14.9. The molecule has 0 radical (unpaired) electrons. The van der Waals surface area contributed by atoms with Gasteiger partial charge in [-0.15, -0.1) is 0 Å². The van der Waals surface area contributed by atoms with Gasteiger partial charge in [0.1, 0.15) is 11.8 Å². The number of halogens is 1. The molecule has 0 saturated heterocycles. The lowest BCUT2D eigenvalue weighted by Gasteiger charge is -2.31. The Morgan fingerprint density at radius 1 is 1.10 bits per heavy atom. The van der Waals surface area contributed by atoms with Crippen molar-refractivity contribution in [3.63, 3.8) is 0 Å². The second kappa shape index (κ2) is 14.6. The summed E-state index contributed by atoms with van der Waals surface area (Å²) in [5, 5.41) is 3.68. The third-order valence-corrected chi connectivity index (χ3v) is 8.36. The Morgan fingerprint density at radius 3 is 2.49 bits per heavy atom. The number of nitrogens with zero attached hydrogens (tertiary/aromatic N) is 2. The Bertz CT molecular complexity index is 1220. The standard InChI is InChI=1S/C29H40ClN3O5S/c1-4-38-27-17-9-8-16-26(27)33(39(3,36)37)19-11-18-28(34)32(21-23-12-10-13-24(30)20-23)22(2)29(35)31-25-14-6-5-7-15-25/h8-10,12-13,16-17,20,22,25H,4-7,11,14-15,18-19,21H2,1-3H3,(H,31,35). The predicted molar refractivity (Wildman–Crippen MR) is 156 cm³/mol. The molecule has 1 fully saturated rings. The van der Waals surface area contributed by atoms with Crippen molar-refractivity contribution >= 4 is 39.1 Å². The minimum atomic E-state index is -3.63. The van der Waals surface area contributed by atoms with Crippen LogP contribution >= 0.6 is 11.6 Å². The molecule has 0 heterocycles. The number of carbonyl (C=O) groups excluding carboxylic acids is 2. The minimum Gasteiger partial charge on any atom is -0.492 e. The van der Waals surface area contributed by atoms with E-state index in [1.807, 2.05) is 19.1 Å². The molecule has 0 spiro atoms. The molecule has 0 bridgehead atoms. The van der Waals surface area contributed by atoms with E-state index < -0.39 is 16.1 Å². The molecule has 8 nitrogen and oxygen atoms in total. The zero-order chi connectivity index (χ0) is 28.4. The van der Waals surface area contributed by atoms with Gasteiger partial charge in [-0.1, -0.05) is 55.1 Å². The molecular weight excluding hydrogens is 538 g/mol. The van der Waals surface area contributed by atoms with Crippen LogP contribution in [0.25, 0.3) is 0 Å². The fourth-order valence-electron chi connectivity index (χ4n) is 4.91. The molecule has 0 aliphatic heterocycles. The molecule has 10 heteroatoms. The van der Waals surface area contributed by atoms with Gasteiger partial charge in [0, 0.05) is 30.6 Å². The highest BCUT2D eigenvalue weighted by Gasteiger charge is 2.29. The molecule has 2 amide bonds. The highest BCUT2D eigenvalue weighted by atomic mass is 35.5. The molecule has 1 aliphatic rings. The Kier molecular flexibility index (Phi) is 11.5. The van der Waals surface area contributed by atoms with E-state index in [0.717, 1.165) is 37.5 Å². The first-order valence-corrected chi connectivity index (χ1v) is 15.9. The number of carbonyl (C=O) groups is 2. The summed E-state index contributed by atoms with van der Waals surface area (Å²) in [6.45, 7) is 4.29. The summed E-state index contributed by atoms with van der Waals surface area (Å²) >= 11 is 6.18. The minimum absolute atomic E-state index is 0.0738. The van der Waals surface area contributed by atoms with E-state index in [1.54, 1.807) is 48.2 Å². The van der Waals surface area contributed by atoms with Crippen molar-refractivity contribution < 1.29 is 22.7 Å². The van der Waals surface area contributed by atoms with Crippen molar-refractivity contribution in [3.8, 4) is 5.75 Å². The fraction of sp³-hybridized carbons (Fsp3) is 0.517. The maximum absolute atomic E-state index is 13.5. The number of rotatable bonds is 13. The molecule has 2 aromatic carbocycles. The quantitative estimate of drug-likeness (QED) is 0.355. The van der Waals surface area contributed by atoms with Crippen molar-refractivity contribution in [3.05, 3.63) is 59.1 Å². The predicted octanol–water partition coefficient (Wildman–Crippen LogP) is 5.15. The number of nitrogens with one attached hydrogen (secondary N) is 1. The number of hydrogen-bond acceptors (Lipinski definition) is 5. The number of para-hydroxylation sites is 2. The van der Waals surface area contributed by atoms with Crippen LogP contribution in [0.3, 0.4) is 0 Å². The first kappa shape index (κ1) is 30.8. The van der Waals surface area contributed by atoms with E-state index in [4.69, 9.17) is 16.3 Å². The first-order valence-electron chi connectivity index (χ1n) is 13.6. The second-order valence-electron chi connectivity index (χ2n) is 10.0. The molecule has 0 aromatic heterocycles. The van der Waals surface area contributed by atoms with E-state index >= 15 is 0 Å². The highest BCUT2D eigenvalue weighted by Crippen LogP contribution is 2.30. The molecular formula is C29H40ClN3O5S. The largest absolute Gasteiger partial charge is 0.492 e. The smallest absolute Gasteiger partial charge is 0.242 e. The lowest BCUT2D eigenvalue weighted by atomic mass is 9.95. The average Bonchev–Trinajstić information content (AvgIpc) is 2.90. The lowest BCUT2D eigenvalue weighted by molar-refractivity contribution is -0.141. The third-order valence-electron chi connectivity index (χ3n) is 6.95. The Labute approximate surface area is 237 Å². The monoisotopic (exact) mass is 577 g/mol. The SMILES string of the molecule is CCOc1ccccc1N(CCCC(=O)N(Cc1cccc(Cl)c1)C(C)C(=O)NC1CCCCC1)S(C)(=O)=O. The Morgan fingerprint density at radius 2 is 1.82 bits per heavy atom. The van der Waals surface area contributed by atoms with Gasteiger partial charge in [-0.05, 0) is 62.9 Å². The van der Waals surface area contributed by atoms with Crippen LogP contribution in [0.15, 0.2) is 48.5 Å². The van der Waals surface area contributed by atoms with Crippen LogP contribution in [0, 0.1) is 0 Å². The van der Waals surface area contributed by atoms with Crippen molar-refractivity contribution in [1.29, 1.82) is 0 Å². The van der Waals surface area contributed by atoms with Gasteiger partial charge in [0.25, 0.3) is 0 Å². The molecule has 2 aromatic rings. The molecule has 1 unspecified atom stereocenters. The van der Waals surface area contributed by atoms with Crippen molar-refractivity contribution in [2.24, 2.45) is 0 Å². The van der Waals surface area contributed by atoms with Gasteiger partial charge < -0.3 is 15.0 Å². The number of benzene rings is 2. The van der Waals surface area contributed by atoms with Gasteiger partial charge in [-0.2, -0.15) is 0 Å². The zero-order valence-electron chi connectivity index (χ0n) is 23.1. The van der Waals surface area contributed by atoms with Crippen LogP contribution in [0.5, 0.6) is 5.75 Å². The van der Waals surface area contributed by atoms with Crippen molar-refractivity contribution in [2.75, 3.05) is 23.7 Å². The van der Waals surface area contributed by atoms with Crippen LogP contribution in [0.4, 0.5) is 5.69 Å². The van der Waals surface area contributed by atoms with Gasteiger partial charge in [0.15, 0.2) is 0 Å². The van der Waals surface area contributed by atoms with Gasteiger partial charge in [0.2, 0.25) is 21.8 Å². The number of sulfonamides is 1. The highest BCUT2D eigenvalue weighted by molar-refractivity contribution is 7.92. The van der Waals surface area contributed by atoms with E-state index in [1.165, 1.54) is 10.7 Å². The first-order chi connectivity index (χ1) is 18.6. The van der Waals surface area contributed by atoms with E-state index in [2.05, 4.69) is 5.32 Å². The van der Waals surface area contributed by atoms with Gasteiger partial charge >= 0.3 is 0 Å². The summed E-state index contributed by atoms with van der Waals surface area (Å²) in [6.07, 6.45) is 6.75. The number of ether oxygens (including phenoxy) is 1. The molecule has 214 valence electrons. The molecule has 1 atom stereocenters. The van der Waals surface area contributed by atoms with E-state index in [9.17, 15) is 18.0 Å². The summed E-state index contributed by atoms with van der Waals surface area (Å²) < 4.78 is 32.2. The van der Waals surface area contributed by atoms with E-state index in [0.29, 0.717) is 23.1 Å². The van der Waals surface area contributed by atoms with Crippen molar-refractivity contribution in [2.45, 2.75) is 77.4 Å². The average molecular weight is 578 g/mol. The number of hydrogen-bond donors (Lipinski definition) is 1. The Hall–Kier alpha value is -2.78. The number of amides is 2. The molecule has 1 aliphatic carbocycles. The summed E-state index contributed by atoms with van der Waals surface area (Å²) in [5.41, 5.74) is 1.25. The lowest BCUT2D eigenvalue weighted by Crippen LogP contribution is -2.50. The van der Waals surface area contributed by atoms with Gasteiger partial charge in [-0.3, -0.25) is 13.9 Å². The van der Waals surface area contributed by atoms with E-state index in [-0.39, 0.29) is 43.8 Å². The maximum atomic E-state index is 13.5. The molecule has 3 rings (SSSR count). The van der Waals surface area contributed by atoms with Crippen molar-refractivity contribution in [1.82, 2.24) is 10.2 Å². The molecule has 39 heavy (non-hydrogen) atoms. The summed E-state index contributed by atoms with van der Waals surface area (Å²) in [4.78, 5) is 28.3. The van der Waals surface area contributed by atoms with Gasteiger partial charge in [0.05, 0.1) is 18.6 Å². The summed E-state index contributed by atoms with van der Waals surface area (Å²) in [5.74, 6) is 0.0563. The van der Waals surface area contributed by atoms with Gasteiger partial charge in [-0.25, -0.2) is 8.42 Å². The van der Waals surface area contributed by atoms with Crippen LogP contribution in [0.2, 0.25) is 5.02 Å². The second-order valence-corrected chi connectivity index (χ2v) is 12.4. The Balaban J connectivity index is 1.74. The fourth-order valence-corrected chi connectivity index (χ4v) is 6.09. The zero-order valence-corrected chi connectivity index (χ0v) is 24.6. The van der Waals surface area contributed by atoms with Crippen LogP contribution in [0.1, 0.15) is 64.4 Å². The summed E-state index contributed by atoms with van der Waals surface area (Å²) in [6, 6.07) is 13.6. The third kappa shape index (κ3) is 9.14.